The summed E-state index contributed by atoms with van der Waals surface area (Å²) in [6, 6.07) is 17.5. The van der Waals surface area contributed by atoms with Crippen molar-refractivity contribution in [2.24, 2.45) is 0 Å². The molecule has 2 N–H and O–H groups in total. The number of fused-ring (bicyclic) bond motifs is 1. The molecule has 0 aliphatic rings. The molecule has 0 saturated carbocycles. The van der Waals surface area contributed by atoms with Gasteiger partial charge in [0, 0.05) is 27.7 Å². The zero-order valence-corrected chi connectivity index (χ0v) is 14.5. The van der Waals surface area contributed by atoms with Gasteiger partial charge in [0.2, 0.25) is 0 Å². The Balaban J connectivity index is 1.83. The largest absolute Gasteiger partial charge is 0.505 e. The average molecular weight is 347 g/mol. The van der Waals surface area contributed by atoms with E-state index >= 15 is 0 Å². The van der Waals surface area contributed by atoms with Gasteiger partial charge in [-0.1, -0.05) is 30.3 Å². The van der Waals surface area contributed by atoms with Crippen LogP contribution in [0.5, 0.6) is 5.75 Å². The number of hydrogen-bond acceptors (Lipinski definition) is 5. The van der Waals surface area contributed by atoms with Gasteiger partial charge in [-0.3, -0.25) is 4.98 Å². The first kappa shape index (κ1) is 15.6. The summed E-state index contributed by atoms with van der Waals surface area (Å²) in [5.74, 6) is 0.982. The van der Waals surface area contributed by atoms with Gasteiger partial charge in [0.1, 0.15) is 17.1 Å². The van der Waals surface area contributed by atoms with Crippen LogP contribution < -0.4 is 5.32 Å². The summed E-state index contributed by atoms with van der Waals surface area (Å²) >= 11 is 1.64. The van der Waals surface area contributed by atoms with Crippen molar-refractivity contribution in [3.63, 3.8) is 0 Å². The summed E-state index contributed by atoms with van der Waals surface area (Å²) < 4.78 is 0. The predicted molar refractivity (Wildman–Crippen MR) is 102 cm³/mol. The fourth-order valence-corrected chi connectivity index (χ4v) is 3.70. The van der Waals surface area contributed by atoms with Crippen molar-refractivity contribution in [2.45, 2.75) is 13.0 Å². The summed E-state index contributed by atoms with van der Waals surface area (Å²) in [5.41, 5.74) is 2.34. The number of nitrogens with one attached hydrogen (secondary N) is 1. The Kier molecular flexibility index (Phi) is 4.07. The molecule has 0 aliphatic carbocycles. The second-order valence-corrected chi connectivity index (χ2v) is 6.81. The van der Waals surface area contributed by atoms with Gasteiger partial charge in [-0.25, -0.2) is 4.98 Å². The minimum atomic E-state index is -0.194. The van der Waals surface area contributed by atoms with Crippen molar-refractivity contribution in [1.82, 2.24) is 9.97 Å². The SMILES string of the molecule is Cc1cccc(NC(c2cccs2)c2ccc3cccnc3c2O)n1. The molecule has 1 atom stereocenters. The van der Waals surface area contributed by atoms with Gasteiger partial charge in [0.25, 0.3) is 0 Å². The zero-order chi connectivity index (χ0) is 17.2. The number of phenolic OH excluding ortho intramolecular Hbond substituents is 1. The molecule has 25 heavy (non-hydrogen) atoms. The molecule has 3 aromatic heterocycles. The molecule has 0 saturated heterocycles. The summed E-state index contributed by atoms with van der Waals surface area (Å²) in [7, 11) is 0. The smallest absolute Gasteiger partial charge is 0.147 e. The monoisotopic (exact) mass is 347 g/mol. The van der Waals surface area contributed by atoms with Gasteiger partial charge in [-0.2, -0.15) is 0 Å². The molecule has 0 amide bonds. The number of aryl methyl sites for hydroxylation is 1. The van der Waals surface area contributed by atoms with E-state index < -0.39 is 0 Å². The van der Waals surface area contributed by atoms with E-state index in [1.165, 1.54) is 0 Å². The Labute approximate surface area is 149 Å². The Morgan fingerprint density at radius 1 is 1.04 bits per heavy atom. The zero-order valence-electron chi connectivity index (χ0n) is 13.7. The number of phenols is 1. The molecule has 1 aromatic carbocycles. The maximum Gasteiger partial charge on any atom is 0.147 e. The molecular formula is C20H17N3OS. The molecular weight excluding hydrogens is 330 g/mol. The molecule has 0 radical (unpaired) electrons. The van der Waals surface area contributed by atoms with Crippen LogP contribution in [0.1, 0.15) is 22.2 Å². The number of rotatable bonds is 4. The molecule has 4 nitrogen and oxygen atoms in total. The highest BCUT2D eigenvalue weighted by atomic mass is 32.1. The normalized spacial score (nSPS) is 12.2. The number of anilines is 1. The summed E-state index contributed by atoms with van der Waals surface area (Å²) in [4.78, 5) is 9.98. The quantitative estimate of drug-likeness (QED) is 0.551. The van der Waals surface area contributed by atoms with Crippen LogP contribution >= 0.6 is 11.3 Å². The van der Waals surface area contributed by atoms with Gasteiger partial charge in [0.15, 0.2) is 0 Å². The number of hydrogen-bond donors (Lipinski definition) is 2. The van der Waals surface area contributed by atoms with E-state index in [-0.39, 0.29) is 11.8 Å². The third-order valence-corrected chi connectivity index (χ3v) is 5.04. The van der Waals surface area contributed by atoms with Crippen molar-refractivity contribution in [2.75, 3.05) is 5.32 Å². The van der Waals surface area contributed by atoms with E-state index in [1.54, 1.807) is 17.5 Å². The minimum absolute atomic E-state index is 0.194. The van der Waals surface area contributed by atoms with Crippen LogP contribution in [-0.2, 0) is 0 Å². The van der Waals surface area contributed by atoms with Crippen molar-refractivity contribution in [3.05, 3.63) is 82.3 Å². The summed E-state index contributed by atoms with van der Waals surface area (Å²) in [5, 5.41) is 17.2. The van der Waals surface area contributed by atoms with Crippen molar-refractivity contribution in [3.8, 4) is 5.75 Å². The molecule has 0 aliphatic heterocycles. The Morgan fingerprint density at radius 3 is 2.76 bits per heavy atom. The minimum Gasteiger partial charge on any atom is -0.505 e. The number of aromatic hydroxyl groups is 1. The highest BCUT2D eigenvalue weighted by Gasteiger charge is 2.21. The van der Waals surface area contributed by atoms with E-state index in [4.69, 9.17) is 0 Å². The lowest BCUT2D eigenvalue weighted by Gasteiger charge is -2.20. The van der Waals surface area contributed by atoms with E-state index in [0.717, 1.165) is 27.3 Å². The number of aromatic nitrogens is 2. The Bertz CT molecular complexity index is 1010. The maximum absolute atomic E-state index is 10.8. The van der Waals surface area contributed by atoms with Crippen molar-refractivity contribution in [1.29, 1.82) is 0 Å². The van der Waals surface area contributed by atoms with Crippen molar-refractivity contribution < 1.29 is 5.11 Å². The topological polar surface area (TPSA) is 58.0 Å². The van der Waals surface area contributed by atoms with E-state index in [1.807, 2.05) is 60.8 Å². The highest BCUT2D eigenvalue weighted by molar-refractivity contribution is 7.10. The number of thiophene rings is 1. The standard InChI is InChI=1S/C20H17N3OS/c1-13-5-2-8-17(22-13)23-19(16-7-4-12-25-16)15-10-9-14-6-3-11-21-18(14)20(15)24/h2-12,19,24H,1H3,(H,22,23). The van der Waals surface area contributed by atoms with Gasteiger partial charge >= 0.3 is 0 Å². The fourth-order valence-electron chi connectivity index (χ4n) is 2.91. The van der Waals surface area contributed by atoms with Crippen molar-refractivity contribution >= 4 is 28.1 Å². The van der Waals surface area contributed by atoms with Crippen LogP contribution in [-0.4, -0.2) is 15.1 Å². The molecule has 3 heterocycles. The molecule has 4 aromatic rings. The lowest BCUT2D eigenvalue weighted by Crippen LogP contribution is -2.12. The fraction of sp³-hybridized carbons (Fsp3) is 0.100. The second-order valence-electron chi connectivity index (χ2n) is 5.84. The molecule has 1 unspecified atom stereocenters. The highest BCUT2D eigenvalue weighted by Crippen LogP contribution is 2.37. The number of pyridine rings is 2. The maximum atomic E-state index is 10.8. The van der Waals surface area contributed by atoms with Gasteiger partial charge in [0.05, 0.1) is 6.04 Å². The number of nitrogens with zero attached hydrogens (tertiary/aromatic N) is 2. The number of benzene rings is 1. The Hall–Kier alpha value is -2.92. The van der Waals surface area contributed by atoms with E-state index in [9.17, 15) is 5.11 Å². The molecule has 5 heteroatoms. The predicted octanol–water partition coefficient (Wildman–Crippen LogP) is 4.91. The van der Waals surface area contributed by atoms with Crippen LogP contribution in [0.3, 0.4) is 0 Å². The molecule has 0 spiro atoms. The second kappa shape index (κ2) is 6.53. The van der Waals surface area contributed by atoms with Crippen LogP contribution in [0.4, 0.5) is 5.82 Å². The van der Waals surface area contributed by atoms with Crippen LogP contribution in [0.15, 0.2) is 66.2 Å². The lowest BCUT2D eigenvalue weighted by atomic mass is 10.0. The average Bonchev–Trinajstić information content (AvgIpc) is 3.15. The molecule has 4 rings (SSSR count). The van der Waals surface area contributed by atoms with E-state index in [0.29, 0.717) is 5.52 Å². The van der Waals surface area contributed by atoms with Crippen LogP contribution in [0.2, 0.25) is 0 Å². The summed E-state index contributed by atoms with van der Waals surface area (Å²) in [6.07, 6.45) is 1.70. The van der Waals surface area contributed by atoms with Gasteiger partial charge in [-0.05, 0) is 36.6 Å². The first-order chi connectivity index (χ1) is 12.2. The molecule has 124 valence electrons. The first-order valence-electron chi connectivity index (χ1n) is 8.02. The summed E-state index contributed by atoms with van der Waals surface area (Å²) in [6.45, 7) is 1.96. The van der Waals surface area contributed by atoms with Crippen LogP contribution in [0.25, 0.3) is 10.9 Å². The third kappa shape index (κ3) is 3.06. The van der Waals surface area contributed by atoms with Crippen LogP contribution in [0, 0.1) is 6.92 Å². The first-order valence-corrected chi connectivity index (χ1v) is 8.90. The molecule has 0 fully saturated rings. The third-order valence-electron chi connectivity index (χ3n) is 4.10. The molecule has 0 bridgehead atoms. The Morgan fingerprint density at radius 2 is 1.96 bits per heavy atom. The van der Waals surface area contributed by atoms with Gasteiger partial charge < -0.3 is 10.4 Å². The van der Waals surface area contributed by atoms with E-state index in [2.05, 4.69) is 21.4 Å². The van der Waals surface area contributed by atoms with Gasteiger partial charge in [-0.15, -0.1) is 11.3 Å². The lowest BCUT2D eigenvalue weighted by molar-refractivity contribution is 0.472.